The highest BCUT2D eigenvalue weighted by atomic mass is 35.5. The molecule has 2 aromatic heterocycles. The highest BCUT2D eigenvalue weighted by Gasteiger charge is 2.28. The monoisotopic (exact) mass is 442 g/mol. The first-order valence-electron chi connectivity index (χ1n) is 10.5. The lowest BCUT2D eigenvalue weighted by Crippen LogP contribution is -2.48. The Balaban J connectivity index is 1.48. The molecule has 10 nitrogen and oxygen atoms in total. The summed E-state index contributed by atoms with van der Waals surface area (Å²) in [5.41, 5.74) is 21.1. The predicted octanol–water partition coefficient (Wildman–Crippen LogP) is 2.58. The van der Waals surface area contributed by atoms with Crippen molar-refractivity contribution in [3.05, 3.63) is 23.4 Å². The summed E-state index contributed by atoms with van der Waals surface area (Å²) in [5.74, 6) is 1.42. The standard InChI is InChI=1S/C20H27ClN10/c1-20(24)4-6-30(7-5-20)14-9-11(22)8-13(16(14)21)27-19-28-17(26-12-2-3-12)18-25-10-15(23)31(18)29-19/h8-10,12H,2-7,22-24H2,1H3,(H2,26,27,28,29). The first-order valence-corrected chi connectivity index (χ1v) is 10.8. The van der Waals surface area contributed by atoms with Gasteiger partial charge in [-0.05, 0) is 44.7 Å². The fourth-order valence-corrected chi connectivity index (χ4v) is 4.08. The molecule has 1 aliphatic heterocycles. The van der Waals surface area contributed by atoms with E-state index < -0.39 is 0 Å². The van der Waals surface area contributed by atoms with Crippen LogP contribution in [-0.2, 0) is 0 Å². The van der Waals surface area contributed by atoms with Gasteiger partial charge < -0.3 is 32.7 Å². The number of hydrogen-bond donors (Lipinski definition) is 5. The van der Waals surface area contributed by atoms with Gasteiger partial charge in [-0.15, -0.1) is 5.10 Å². The van der Waals surface area contributed by atoms with E-state index in [9.17, 15) is 0 Å². The second kappa shape index (κ2) is 7.31. The Kier molecular flexibility index (Phi) is 4.71. The first kappa shape index (κ1) is 20.0. The molecule has 1 aromatic carbocycles. The summed E-state index contributed by atoms with van der Waals surface area (Å²) >= 11 is 6.79. The van der Waals surface area contributed by atoms with Gasteiger partial charge in [0.2, 0.25) is 5.95 Å². The minimum absolute atomic E-state index is 0.149. The Bertz CT molecular complexity index is 1130. The molecule has 164 valence electrons. The molecular weight excluding hydrogens is 416 g/mol. The summed E-state index contributed by atoms with van der Waals surface area (Å²) in [4.78, 5) is 11.2. The number of nitrogens with two attached hydrogens (primary N) is 3. The minimum Gasteiger partial charge on any atom is -0.399 e. The number of aromatic nitrogens is 4. The summed E-state index contributed by atoms with van der Waals surface area (Å²) in [6.45, 7) is 3.72. The minimum atomic E-state index is -0.149. The zero-order chi connectivity index (χ0) is 21.8. The van der Waals surface area contributed by atoms with E-state index in [1.165, 1.54) is 0 Å². The maximum Gasteiger partial charge on any atom is 0.247 e. The van der Waals surface area contributed by atoms with Gasteiger partial charge in [0, 0.05) is 30.4 Å². The maximum atomic E-state index is 6.79. The van der Waals surface area contributed by atoms with Gasteiger partial charge in [-0.3, -0.25) is 0 Å². The molecule has 5 rings (SSSR count). The SMILES string of the molecule is CC1(N)CCN(c2cc(N)cc(Nc3nc(NC4CC4)c4ncc(N)n4n3)c2Cl)CC1. The van der Waals surface area contributed by atoms with Crippen molar-refractivity contribution in [2.45, 2.75) is 44.2 Å². The molecule has 11 heteroatoms. The number of piperidine rings is 1. The van der Waals surface area contributed by atoms with Gasteiger partial charge in [0.25, 0.3) is 0 Å². The van der Waals surface area contributed by atoms with Gasteiger partial charge in [-0.25, -0.2) is 4.98 Å². The van der Waals surface area contributed by atoms with E-state index in [0.29, 0.717) is 45.7 Å². The summed E-state index contributed by atoms with van der Waals surface area (Å²) in [6, 6.07) is 4.08. The van der Waals surface area contributed by atoms with Crippen LogP contribution in [0.15, 0.2) is 18.3 Å². The van der Waals surface area contributed by atoms with Crippen LogP contribution in [0.1, 0.15) is 32.6 Å². The molecular formula is C20H27ClN10. The lowest BCUT2D eigenvalue weighted by Gasteiger charge is -2.38. The highest BCUT2D eigenvalue weighted by Crippen LogP contribution is 2.38. The second-order valence-electron chi connectivity index (χ2n) is 8.79. The number of hydrogen-bond acceptors (Lipinski definition) is 9. The topological polar surface area (TPSA) is 148 Å². The van der Waals surface area contributed by atoms with Crippen molar-refractivity contribution in [1.82, 2.24) is 19.6 Å². The molecule has 0 bridgehead atoms. The molecule has 0 atom stereocenters. The van der Waals surface area contributed by atoms with Crippen LogP contribution >= 0.6 is 11.6 Å². The van der Waals surface area contributed by atoms with Gasteiger partial charge >= 0.3 is 0 Å². The van der Waals surface area contributed by atoms with Crippen LogP contribution in [0.25, 0.3) is 5.65 Å². The van der Waals surface area contributed by atoms with Crippen LogP contribution in [0.3, 0.4) is 0 Å². The molecule has 1 aliphatic carbocycles. The molecule has 8 N–H and O–H groups in total. The normalized spacial score (nSPS) is 18.4. The zero-order valence-corrected chi connectivity index (χ0v) is 18.2. The lowest BCUT2D eigenvalue weighted by atomic mass is 9.91. The van der Waals surface area contributed by atoms with E-state index in [0.717, 1.165) is 44.5 Å². The first-order chi connectivity index (χ1) is 14.8. The largest absolute Gasteiger partial charge is 0.399 e. The average Bonchev–Trinajstić information content (AvgIpc) is 3.46. The second-order valence-corrected chi connectivity index (χ2v) is 9.17. The fourth-order valence-electron chi connectivity index (χ4n) is 3.80. The van der Waals surface area contributed by atoms with Crippen molar-refractivity contribution in [3.8, 4) is 0 Å². The quantitative estimate of drug-likeness (QED) is 0.376. The van der Waals surface area contributed by atoms with E-state index in [1.54, 1.807) is 16.8 Å². The molecule has 2 fully saturated rings. The van der Waals surface area contributed by atoms with E-state index in [4.69, 9.17) is 28.8 Å². The number of rotatable bonds is 5. The Labute approximate surface area is 185 Å². The van der Waals surface area contributed by atoms with Gasteiger partial charge in [0.1, 0.15) is 5.82 Å². The van der Waals surface area contributed by atoms with E-state index in [-0.39, 0.29) is 5.54 Å². The molecule has 0 spiro atoms. The third-order valence-corrected chi connectivity index (χ3v) is 6.27. The van der Waals surface area contributed by atoms with E-state index in [1.807, 2.05) is 6.07 Å². The van der Waals surface area contributed by atoms with Crippen LogP contribution in [-0.4, -0.2) is 44.3 Å². The zero-order valence-electron chi connectivity index (χ0n) is 17.4. The third-order valence-electron chi connectivity index (χ3n) is 5.88. The maximum absolute atomic E-state index is 6.79. The Morgan fingerprint density at radius 2 is 1.94 bits per heavy atom. The molecule has 0 radical (unpaired) electrons. The number of nitrogens with zero attached hydrogens (tertiary/aromatic N) is 5. The summed E-state index contributed by atoms with van der Waals surface area (Å²) in [6.07, 6.45) is 5.56. The average molecular weight is 443 g/mol. The van der Waals surface area contributed by atoms with Gasteiger partial charge in [0.05, 0.1) is 22.6 Å². The third kappa shape index (κ3) is 4.00. The molecule has 3 heterocycles. The van der Waals surface area contributed by atoms with Crippen molar-refractivity contribution < 1.29 is 0 Å². The fraction of sp³-hybridized carbons (Fsp3) is 0.450. The van der Waals surface area contributed by atoms with Gasteiger partial charge in [-0.1, -0.05) is 11.6 Å². The number of fused-ring (bicyclic) bond motifs is 1. The Hall–Kier alpha value is -2.98. The molecule has 0 unspecified atom stereocenters. The Morgan fingerprint density at radius 1 is 1.19 bits per heavy atom. The van der Waals surface area contributed by atoms with Crippen LogP contribution in [0.2, 0.25) is 5.02 Å². The number of nitrogen functional groups attached to an aromatic ring is 2. The molecule has 1 saturated heterocycles. The molecule has 31 heavy (non-hydrogen) atoms. The van der Waals surface area contributed by atoms with Crippen molar-refractivity contribution in [1.29, 1.82) is 0 Å². The van der Waals surface area contributed by atoms with E-state index >= 15 is 0 Å². The van der Waals surface area contributed by atoms with Crippen molar-refractivity contribution in [2.24, 2.45) is 5.73 Å². The number of imidazole rings is 1. The van der Waals surface area contributed by atoms with Crippen LogP contribution < -0.4 is 32.7 Å². The summed E-state index contributed by atoms with van der Waals surface area (Å²) in [7, 11) is 0. The van der Waals surface area contributed by atoms with E-state index in [2.05, 4.69) is 37.5 Å². The molecule has 2 aliphatic rings. The van der Waals surface area contributed by atoms with Crippen molar-refractivity contribution in [3.63, 3.8) is 0 Å². The van der Waals surface area contributed by atoms with Gasteiger partial charge in [0.15, 0.2) is 11.5 Å². The van der Waals surface area contributed by atoms with Crippen molar-refractivity contribution in [2.75, 3.05) is 40.1 Å². The van der Waals surface area contributed by atoms with Crippen LogP contribution in [0.4, 0.5) is 34.6 Å². The molecule has 0 amide bonds. The predicted molar refractivity (Wildman–Crippen MR) is 125 cm³/mol. The number of nitrogens with one attached hydrogen (secondary N) is 2. The van der Waals surface area contributed by atoms with Crippen molar-refractivity contribution >= 4 is 51.9 Å². The molecule has 1 saturated carbocycles. The lowest BCUT2D eigenvalue weighted by molar-refractivity contribution is 0.364. The summed E-state index contributed by atoms with van der Waals surface area (Å²) in [5, 5.41) is 11.7. The number of benzene rings is 1. The molecule has 3 aromatic rings. The van der Waals surface area contributed by atoms with Crippen LogP contribution in [0.5, 0.6) is 0 Å². The Morgan fingerprint density at radius 3 is 2.65 bits per heavy atom. The number of anilines is 6. The van der Waals surface area contributed by atoms with Gasteiger partial charge in [-0.2, -0.15) is 9.50 Å². The smallest absolute Gasteiger partial charge is 0.247 e. The van der Waals surface area contributed by atoms with Crippen LogP contribution in [0, 0.1) is 0 Å². The number of halogens is 1. The summed E-state index contributed by atoms with van der Waals surface area (Å²) < 4.78 is 1.56. The highest BCUT2D eigenvalue weighted by molar-refractivity contribution is 6.36.